The Morgan fingerprint density at radius 3 is 1.21 bits per heavy atom. The standard InChI is InChI=1S/C11H5F17O3S2/c1-2-3-32-31-33(29,30)11(27,28)9(22,23)7(18,19)5(14,15)4(12,13)6(16,17)8(20,21)10(24,25)26/h2H,1,3H2. The molecule has 0 aliphatic rings. The third kappa shape index (κ3) is 4.33. The first-order chi connectivity index (χ1) is 14.1. The highest BCUT2D eigenvalue weighted by Gasteiger charge is 2.96. The van der Waals surface area contributed by atoms with Crippen LogP contribution >= 0.6 is 12.0 Å². The van der Waals surface area contributed by atoms with Crippen LogP contribution in [0.1, 0.15) is 0 Å². The van der Waals surface area contributed by atoms with E-state index in [4.69, 9.17) is 0 Å². The molecule has 0 rings (SSSR count). The van der Waals surface area contributed by atoms with Crippen molar-refractivity contribution in [2.24, 2.45) is 0 Å². The Morgan fingerprint density at radius 2 is 0.909 bits per heavy atom. The second kappa shape index (κ2) is 8.48. The van der Waals surface area contributed by atoms with Crippen molar-refractivity contribution in [3.05, 3.63) is 12.7 Å². The van der Waals surface area contributed by atoms with E-state index in [9.17, 15) is 83.1 Å². The second-order valence-electron chi connectivity index (χ2n) is 5.56. The lowest BCUT2D eigenvalue weighted by molar-refractivity contribution is -0.458. The van der Waals surface area contributed by atoms with Crippen LogP contribution in [-0.4, -0.2) is 61.1 Å². The van der Waals surface area contributed by atoms with Gasteiger partial charge in [-0.25, -0.2) is 0 Å². The van der Waals surface area contributed by atoms with Crippen LogP contribution in [0.5, 0.6) is 0 Å². The maximum Gasteiger partial charge on any atom is 0.460 e. The van der Waals surface area contributed by atoms with Crippen molar-refractivity contribution in [1.29, 1.82) is 0 Å². The van der Waals surface area contributed by atoms with Crippen LogP contribution in [0.3, 0.4) is 0 Å². The SMILES string of the molecule is C=CCSOS(=O)(=O)C(F)(F)C(F)(F)C(F)(F)C(F)(F)C(F)(F)C(F)(F)C(F)(F)C(F)(F)F. The van der Waals surface area contributed by atoms with E-state index >= 15 is 0 Å². The number of hydrogen-bond acceptors (Lipinski definition) is 4. The lowest BCUT2D eigenvalue weighted by atomic mass is 9.91. The van der Waals surface area contributed by atoms with Gasteiger partial charge in [0.15, 0.2) is 0 Å². The summed E-state index contributed by atoms with van der Waals surface area (Å²) < 4.78 is 246. The van der Waals surface area contributed by atoms with Crippen LogP contribution in [0.4, 0.5) is 74.6 Å². The minimum atomic E-state index is -8.87. The Bertz CT molecular complexity index is 830. The topological polar surface area (TPSA) is 43.4 Å². The summed E-state index contributed by atoms with van der Waals surface area (Å²) in [4.78, 5) is 0. The van der Waals surface area contributed by atoms with Gasteiger partial charge in [0.25, 0.3) is 0 Å². The fourth-order valence-electron chi connectivity index (χ4n) is 1.49. The van der Waals surface area contributed by atoms with E-state index in [2.05, 4.69) is 10.2 Å². The van der Waals surface area contributed by atoms with E-state index in [0.29, 0.717) is 6.08 Å². The molecule has 0 saturated carbocycles. The molecular formula is C11H5F17O3S2. The molecule has 0 atom stereocenters. The van der Waals surface area contributed by atoms with Crippen molar-refractivity contribution in [1.82, 2.24) is 0 Å². The van der Waals surface area contributed by atoms with Gasteiger partial charge in [0, 0.05) is 17.8 Å². The Hall–Kier alpha value is -1.19. The maximum atomic E-state index is 13.5. The smallest absolute Gasteiger partial charge is 0.193 e. The lowest BCUT2D eigenvalue weighted by Gasteiger charge is -2.42. The summed E-state index contributed by atoms with van der Waals surface area (Å²) in [6, 6.07) is 0. The fourth-order valence-corrected chi connectivity index (χ4v) is 3.10. The average molecular weight is 572 g/mol. The Kier molecular flexibility index (Phi) is 8.18. The van der Waals surface area contributed by atoms with Gasteiger partial charge in [-0.2, -0.15) is 86.7 Å². The molecule has 0 unspecified atom stereocenters. The third-order valence-electron chi connectivity index (χ3n) is 3.33. The molecule has 0 aromatic carbocycles. The van der Waals surface area contributed by atoms with Gasteiger partial charge < -0.3 is 0 Å². The van der Waals surface area contributed by atoms with E-state index in [-0.39, 0.29) is 0 Å². The highest BCUT2D eigenvalue weighted by atomic mass is 32.3. The molecule has 33 heavy (non-hydrogen) atoms. The summed E-state index contributed by atoms with van der Waals surface area (Å²) in [7, 11) is -7.51. The van der Waals surface area contributed by atoms with Crippen molar-refractivity contribution < 1.29 is 86.7 Å². The van der Waals surface area contributed by atoms with Crippen molar-refractivity contribution in [3.8, 4) is 0 Å². The molecule has 0 radical (unpaired) electrons. The third-order valence-corrected chi connectivity index (χ3v) is 5.69. The van der Waals surface area contributed by atoms with Crippen LogP contribution in [-0.2, 0) is 13.7 Å². The van der Waals surface area contributed by atoms with Gasteiger partial charge in [-0.15, -0.1) is 6.58 Å². The average Bonchev–Trinajstić information content (AvgIpc) is 2.59. The van der Waals surface area contributed by atoms with Crippen molar-refractivity contribution in [3.63, 3.8) is 0 Å². The van der Waals surface area contributed by atoms with Crippen LogP contribution in [0.25, 0.3) is 0 Å². The quantitative estimate of drug-likeness (QED) is 0.129. The van der Waals surface area contributed by atoms with Crippen molar-refractivity contribution in [2.45, 2.75) is 47.0 Å². The zero-order chi connectivity index (χ0) is 27.3. The molecule has 0 spiro atoms. The number of halogens is 17. The summed E-state index contributed by atoms with van der Waals surface area (Å²) in [6.07, 6.45) is -7.28. The Morgan fingerprint density at radius 1 is 0.606 bits per heavy atom. The molecule has 0 aromatic heterocycles. The normalized spacial score (nSPS) is 16.2. The molecule has 22 heteroatoms. The largest absolute Gasteiger partial charge is 0.460 e. The van der Waals surface area contributed by atoms with Crippen LogP contribution in [0, 0.1) is 0 Å². The summed E-state index contributed by atoms with van der Waals surface area (Å²) in [6.45, 7) is 2.80. The first-order valence-corrected chi connectivity index (χ1v) is 9.26. The zero-order valence-electron chi connectivity index (χ0n) is 14.5. The van der Waals surface area contributed by atoms with Gasteiger partial charge in [-0.3, -0.25) is 0 Å². The van der Waals surface area contributed by atoms with Crippen molar-refractivity contribution >= 4 is 22.2 Å². The molecule has 0 aliphatic heterocycles. The van der Waals surface area contributed by atoms with Gasteiger partial charge in [0.05, 0.1) is 0 Å². The lowest BCUT2D eigenvalue weighted by Crippen LogP contribution is -2.75. The summed E-state index contributed by atoms with van der Waals surface area (Å²) in [5.41, 5.74) is 0. The summed E-state index contributed by atoms with van der Waals surface area (Å²) in [5, 5.41) is -7.67. The second-order valence-corrected chi connectivity index (χ2v) is 8.09. The maximum absolute atomic E-state index is 13.5. The summed E-state index contributed by atoms with van der Waals surface area (Å²) in [5.74, 6) is -52.7. The highest BCUT2D eigenvalue weighted by Crippen LogP contribution is 2.64. The van der Waals surface area contributed by atoms with Crippen LogP contribution < -0.4 is 0 Å². The molecule has 0 fully saturated rings. The van der Waals surface area contributed by atoms with Crippen molar-refractivity contribution in [2.75, 3.05) is 5.75 Å². The van der Waals surface area contributed by atoms with Gasteiger partial charge in [0.1, 0.15) is 0 Å². The molecule has 0 heterocycles. The van der Waals surface area contributed by atoms with Gasteiger partial charge in [0.2, 0.25) is 0 Å². The van der Waals surface area contributed by atoms with Crippen LogP contribution in [0.2, 0.25) is 0 Å². The predicted octanol–water partition coefficient (Wildman–Crippen LogP) is 6.13. The van der Waals surface area contributed by atoms with E-state index in [1.807, 2.05) is 0 Å². The first-order valence-electron chi connectivity index (χ1n) is 6.94. The molecule has 0 N–H and O–H groups in total. The molecule has 0 amide bonds. The van der Waals surface area contributed by atoms with E-state index < -0.39 is 74.9 Å². The van der Waals surface area contributed by atoms with E-state index in [0.717, 1.165) is 0 Å². The van der Waals surface area contributed by atoms with E-state index in [1.54, 1.807) is 0 Å². The molecule has 0 saturated heterocycles. The Balaban J connectivity index is 6.80. The number of hydrogen-bond donors (Lipinski definition) is 0. The molecule has 0 aliphatic carbocycles. The number of rotatable bonds is 11. The predicted molar refractivity (Wildman–Crippen MR) is 73.3 cm³/mol. The molecule has 3 nitrogen and oxygen atoms in total. The number of alkyl halides is 17. The van der Waals surface area contributed by atoms with Crippen LogP contribution in [0.15, 0.2) is 12.7 Å². The minimum Gasteiger partial charge on any atom is -0.193 e. The molecule has 0 bridgehead atoms. The van der Waals surface area contributed by atoms with E-state index in [1.165, 1.54) is 0 Å². The molecular weight excluding hydrogens is 567 g/mol. The van der Waals surface area contributed by atoms with Gasteiger partial charge in [-0.1, -0.05) is 6.08 Å². The monoisotopic (exact) mass is 572 g/mol. The van der Waals surface area contributed by atoms with Gasteiger partial charge >= 0.3 is 57.1 Å². The zero-order valence-corrected chi connectivity index (χ0v) is 16.1. The molecule has 198 valence electrons. The fraction of sp³-hybridized carbons (Fsp3) is 0.818. The Labute approximate surface area is 175 Å². The van der Waals surface area contributed by atoms with Gasteiger partial charge in [-0.05, 0) is 0 Å². The molecule has 0 aromatic rings. The highest BCUT2D eigenvalue weighted by molar-refractivity contribution is 8.04. The minimum absolute atomic E-state index is 0.600. The summed E-state index contributed by atoms with van der Waals surface area (Å²) >= 11 is -0.807. The first kappa shape index (κ1) is 31.8.